The number of allylic oxidation sites excluding steroid dienone is 9. The fraction of sp³-hybridized carbons (Fsp3) is 0.744. The summed E-state index contributed by atoms with van der Waals surface area (Å²) in [5.41, 5.74) is 0. The number of rotatable bonds is 39. The zero-order valence-electron chi connectivity index (χ0n) is 33.5. The summed E-state index contributed by atoms with van der Waals surface area (Å²) in [6.45, 7) is 3.17. The van der Waals surface area contributed by atoms with Gasteiger partial charge in [-0.1, -0.05) is 171 Å². The van der Waals surface area contributed by atoms with Gasteiger partial charge in [0.1, 0.15) is 12.2 Å². The van der Waals surface area contributed by atoms with Crippen molar-refractivity contribution in [3.8, 4) is 0 Å². The second-order valence-corrected chi connectivity index (χ2v) is 15.1. The van der Waals surface area contributed by atoms with Crippen LogP contribution in [0.5, 0.6) is 0 Å². The van der Waals surface area contributed by atoms with Crippen LogP contribution in [0.4, 0.5) is 0 Å². The largest absolute Gasteiger partial charge is 0.472 e. The zero-order valence-corrected chi connectivity index (χ0v) is 34.4. The van der Waals surface area contributed by atoms with Crippen molar-refractivity contribution in [2.24, 2.45) is 0 Å². The van der Waals surface area contributed by atoms with E-state index in [0.717, 1.165) is 51.4 Å². The zero-order chi connectivity index (χ0) is 38.9. The molecule has 0 aliphatic heterocycles. The van der Waals surface area contributed by atoms with Crippen molar-refractivity contribution in [3.05, 3.63) is 60.8 Å². The Kier molecular flexibility index (Phi) is 38.5. The van der Waals surface area contributed by atoms with Crippen LogP contribution in [0, 0.1) is 0 Å². The smallest absolute Gasteiger partial charge is 0.457 e. The summed E-state index contributed by atoms with van der Waals surface area (Å²) in [4.78, 5) is 22.5. The first-order chi connectivity index (χ1) is 25.8. The average Bonchev–Trinajstić information content (AvgIpc) is 3.15. The summed E-state index contributed by atoms with van der Waals surface area (Å²) in [6, 6.07) is 0. The number of carbonyl (C=O) groups is 1. The molecule has 0 aliphatic rings. The maximum absolute atomic E-state index is 12.6. The van der Waals surface area contributed by atoms with Crippen LogP contribution in [0.3, 0.4) is 0 Å². The Morgan fingerprint density at radius 2 is 1.04 bits per heavy atom. The van der Waals surface area contributed by atoms with E-state index in [1.807, 2.05) is 6.08 Å². The van der Waals surface area contributed by atoms with Crippen molar-refractivity contribution in [1.29, 1.82) is 0 Å². The molecule has 0 fully saturated rings. The molecule has 0 aliphatic carbocycles. The summed E-state index contributed by atoms with van der Waals surface area (Å²) >= 11 is 0. The lowest BCUT2D eigenvalue weighted by atomic mass is 10.0. The topological polar surface area (TPSA) is 132 Å². The maximum Gasteiger partial charge on any atom is 0.472 e. The Morgan fingerprint density at radius 3 is 1.51 bits per heavy atom. The molecular weight excluding hydrogens is 691 g/mol. The average molecular weight is 769 g/mol. The molecule has 0 aromatic rings. The van der Waals surface area contributed by atoms with Gasteiger partial charge >= 0.3 is 13.8 Å². The summed E-state index contributed by atoms with van der Waals surface area (Å²) < 4.78 is 33.2. The van der Waals surface area contributed by atoms with Crippen molar-refractivity contribution in [3.63, 3.8) is 0 Å². The van der Waals surface area contributed by atoms with Gasteiger partial charge in [0.15, 0.2) is 0 Å². The highest BCUT2D eigenvalue weighted by atomic mass is 31.2. The number of phosphoric ester groups is 1. The van der Waals surface area contributed by atoms with Gasteiger partial charge in [-0.15, -0.1) is 0 Å². The third-order valence-corrected chi connectivity index (χ3v) is 9.44. The molecule has 0 spiro atoms. The molecule has 0 saturated carbocycles. The standard InChI is InChI=1S/C43H77O9P/c1-3-5-7-9-11-13-15-17-19-21-23-25-27-29-31-33-35-43(46)52-42(40-51-53(47,48)50-38-41(45)37-44)39-49-36-34-32-30-28-26-24-22-20-18-16-14-12-10-8-6-4-2/h6,8,12,14,18,20,24,26,30,32,41-42,44-45H,3-5,7,9-11,13,15-17,19,21-23,25,27-29,31,33-40H2,1-2H3,(H,47,48)/b8-6-,14-12-,20-18-,26-24-,32-30-. The van der Waals surface area contributed by atoms with E-state index in [4.69, 9.17) is 23.6 Å². The lowest BCUT2D eigenvalue weighted by Crippen LogP contribution is -2.29. The van der Waals surface area contributed by atoms with E-state index < -0.39 is 45.8 Å². The molecule has 3 unspecified atom stereocenters. The molecule has 0 heterocycles. The van der Waals surface area contributed by atoms with E-state index in [0.29, 0.717) is 13.0 Å². The van der Waals surface area contributed by atoms with Gasteiger partial charge in [-0.2, -0.15) is 0 Å². The van der Waals surface area contributed by atoms with Gasteiger partial charge in [-0.05, 0) is 44.9 Å². The van der Waals surface area contributed by atoms with E-state index >= 15 is 0 Å². The molecule has 3 N–H and O–H groups in total. The summed E-state index contributed by atoms with van der Waals surface area (Å²) in [6.07, 6.45) is 44.9. The summed E-state index contributed by atoms with van der Waals surface area (Å²) in [7, 11) is -4.53. The minimum Gasteiger partial charge on any atom is -0.457 e. The van der Waals surface area contributed by atoms with Crippen LogP contribution in [0.2, 0.25) is 0 Å². The minimum absolute atomic E-state index is 0.00529. The number of aliphatic hydroxyl groups excluding tert-OH is 2. The maximum atomic E-state index is 12.6. The molecule has 0 saturated heterocycles. The first-order valence-electron chi connectivity index (χ1n) is 20.8. The lowest BCUT2D eigenvalue weighted by Gasteiger charge is -2.20. The number of ether oxygens (including phenoxy) is 2. The number of carbonyl (C=O) groups excluding carboxylic acids is 1. The Labute approximate surface area is 323 Å². The number of hydrogen-bond donors (Lipinski definition) is 3. The van der Waals surface area contributed by atoms with Gasteiger partial charge in [-0.25, -0.2) is 4.57 Å². The monoisotopic (exact) mass is 769 g/mol. The van der Waals surface area contributed by atoms with Gasteiger partial charge in [0.05, 0.1) is 33.0 Å². The van der Waals surface area contributed by atoms with E-state index in [9.17, 15) is 19.4 Å². The van der Waals surface area contributed by atoms with Crippen LogP contribution in [-0.2, 0) is 27.9 Å². The second kappa shape index (κ2) is 39.8. The third-order valence-electron chi connectivity index (χ3n) is 8.49. The van der Waals surface area contributed by atoms with Crippen molar-refractivity contribution >= 4 is 13.8 Å². The Hall–Kier alpha value is -1.84. The molecule has 9 nitrogen and oxygen atoms in total. The molecule has 0 aromatic carbocycles. The fourth-order valence-electron chi connectivity index (χ4n) is 5.36. The number of esters is 1. The van der Waals surface area contributed by atoms with Gasteiger partial charge < -0.3 is 24.6 Å². The molecule has 3 atom stereocenters. The lowest BCUT2D eigenvalue weighted by molar-refractivity contribution is -0.154. The molecule has 0 radical (unpaired) electrons. The van der Waals surface area contributed by atoms with Gasteiger partial charge in [-0.3, -0.25) is 13.8 Å². The predicted molar refractivity (Wildman–Crippen MR) is 219 cm³/mol. The Bertz CT molecular complexity index is 1010. The van der Waals surface area contributed by atoms with E-state index in [1.54, 1.807) is 0 Å². The normalized spacial score (nSPS) is 14.7. The minimum atomic E-state index is -4.53. The first-order valence-corrected chi connectivity index (χ1v) is 22.3. The van der Waals surface area contributed by atoms with Crippen LogP contribution in [0.25, 0.3) is 0 Å². The van der Waals surface area contributed by atoms with Crippen LogP contribution < -0.4 is 0 Å². The predicted octanol–water partition coefficient (Wildman–Crippen LogP) is 11.2. The van der Waals surface area contributed by atoms with Gasteiger partial charge in [0.25, 0.3) is 0 Å². The van der Waals surface area contributed by atoms with Crippen molar-refractivity contribution in [1.82, 2.24) is 0 Å². The number of phosphoric acid groups is 1. The molecular formula is C43H77O9P. The Balaban J connectivity index is 4.30. The van der Waals surface area contributed by atoms with Crippen LogP contribution >= 0.6 is 7.82 Å². The first kappa shape index (κ1) is 51.2. The van der Waals surface area contributed by atoms with Crippen LogP contribution in [0.15, 0.2) is 60.8 Å². The second-order valence-electron chi connectivity index (χ2n) is 13.6. The van der Waals surface area contributed by atoms with Gasteiger partial charge in [0, 0.05) is 6.42 Å². The van der Waals surface area contributed by atoms with E-state index in [2.05, 4.69) is 68.5 Å². The molecule has 0 amide bonds. The molecule has 0 rings (SSSR count). The van der Waals surface area contributed by atoms with Crippen molar-refractivity contribution in [2.75, 3.05) is 33.0 Å². The highest BCUT2D eigenvalue weighted by Gasteiger charge is 2.26. The van der Waals surface area contributed by atoms with Gasteiger partial charge in [0.2, 0.25) is 0 Å². The SMILES string of the molecule is CC/C=C\C/C=C\C/C=C\C/C=C\C/C=C\CCOCC(COP(=O)(O)OCC(O)CO)OC(=O)CCCCCCCCCCCCCCCCCC. The van der Waals surface area contributed by atoms with Crippen LogP contribution in [0.1, 0.15) is 162 Å². The Morgan fingerprint density at radius 1 is 0.604 bits per heavy atom. The number of hydrogen-bond acceptors (Lipinski definition) is 8. The third kappa shape index (κ3) is 39.7. The van der Waals surface area contributed by atoms with Crippen molar-refractivity contribution < 1.29 is 43.0 Å². The molecule has 53 heavy (non-hydrogen) atoms. The highest BCUT2D eigenvalue weighted by molar-refractivity contribution is 7.47. The molecule has 0 bridgehead atoms. The van der Waals surface area contributed by atoms with E-state index in [-0.39, 0.29) is 13.0 Å². The molecule has 0 aromatic heterocycles. The summed E-state index contributed by atoms with van der Waals surface area (Å²) in [5, 5.41) is 18.3. The molecule has 308 valence electrons. The number of aliphatic hydroxyl groups is 2. The van der Waals surface area contributed by atoms with Crippen LogP contribution in [-0.4, -0.2) is 66.3 Å². The fourth-order valence-corrected chi connectivity index (χ4v) is 6.15. The summed E-state index contributed by atoms with van der Waals surface area (Å²) in [5.74, 6) is -0.408. The highest BCUT2D eigenvalue weighted by Crippen LogP contribution is 2.43. The molecule has 10 heteroatoms. The van der Waals surface area contributed by atoms with E-state index in [1.165, 1.54) is 83.5 Å². The quantitative estimate of drug-likeness (QED) is 0.0242. The number of unbranched alkanes of at least 4 members (excludes halogenated alkanes) is 15. The van der Waals surface area contributed by atoms with Crippen molar-refractivity contribution in [2.45, 2.75) is 174 Å².